The molecule has 2 aromatic rings. The fourth-order valence-electron chi connectivity index (χ4n) is 3.00. The van der Waals surface area contributed by atoms with Gasteiger partial charge in [0.1, 0.15) is 0 Å². The van der Waals surface area contributed by atoms with Gasteiger partial charge in [-0.3, -0.25) is 4.79 Å². The summed E-state index contributed by atoms with van der Waals surface area (Å²) >= 11 is 0. The lowest BCUT2D eigenvalue weighted by atomic mass is 10.1. The molecule has 0 atom stereocenters. The summed E-state index contributed by atoms with van der Waals surface area (Å²) in [6.45, 7) is 3.42. The van der Waals surface area contributed by atoms with Crippen molar-refractivity contribution in [1.29, 1.82) is 0 Å². The van der Waals surface area contributed by atoms with Crippen molar-refractivity contribution < 1.29 is 4.79 Å². The van der Waals surface area contributed by atoms with Crippen molar-refractivity contribution in [3.8, 4) is 0 Å². The van der Waals surface area contributed by atoms with Gasteiger partial charge in [-0.15, -0.1) is 0 Å². The van der Waals surface area contributed by atoms with Gasteiger partial charge in [-0.2, -0.15) is 0 Å². The Morgan fingerprint density at radius 1 is 0.833 bits per heavy atom. The molecule has 1 amide bonds. The van der Waals surface area contributed by atoms with Crippen LogP contribution < -0.4 is 4.90 Å². The Bertz CT molecular complexity index is 659. The number of piperazine rings is 1. The molecule has 1 heterocycles. The molecule has 3 rings (SSSR count). The van der Waals surface area contributed by atoms with Crippen LogP contribution in [0.2, 0.25) is 0 Å². The van der Waals surface area contributed by atoms with Crippen LogP contribution in [0.4, 0.5) is 5.69 Å². The van der Waals surface area contributed by atoms with E-state index in [1.54, 1.807) is 0 Å². The summed E-state index contributed by atoms with van der Waals surface area (Å²) in [4.78, 5) is 16.6. The van der Waals surface area contributed by atoms with E-state index in [2.05, 4.69) is 47.4 Å². The van der Waals surface area contributed by atoms with Gasteiger partial charge in [-0.25, -0.2) is 0 Å². The van der Waals surface area contributed by atoms with Gasteiger partial charge in [-0.05, 0) is 24.1 Å². The first-order valence-electron chi connectivity index (χ1n) is 8.59. The molecule has 2 aromatic carbocycles. The molecule has 3 nitrogen and oxygen atoms in total. The minimum absolute atomic E-state index is 0.229. The Labute approximate surface area is 144 Å². The molecule has 0 saturated carbocycles. The van der Waals surface area contributed by atoms with Gasteiger partial charge >= 0.3 is 0 Å². The molecule has 1 aliphatic heterocycles. The van der Waals surface area contributed by atoms with Gasteiger partial charge in [-0.1, -0.05) is 60.7 Å². The third kappa shape index (κ3) is 4.48. The number of carbonyl (C=O) groups excluding carboxylic acids is 1. The number of carbonyl (C=O) groups is 1. The summed E-state index contributed by atoms with van der Waals surface area (Å²) in [7, 11) is 0. The Hall–Kier alpha value is -2.55. The first-order valence-corrected chi connectivity index (χ1v) is 8.59. The lowest BCUT2D eigenvalue weighted by Crippen LogP contribution is -2.48. The Morgan fingerprint density at radius 3 is 2.12 bits per heavy atom. The molecule has 1 saturated heterocycles. The first-order chi connectivity index (χ1) is 11.8. The normalized spacial score (nSPS) is 15.0. The molecule has 124 valence electrons. The van der Waals surface area contributed by atoms with Crippen molar-refractivity contribution in [2.75, 3.05) is 31.1 Å². The highest BCUT2D eigenvalue weighted by Crippen LogP contribution is 2.15. The highest BCUT2D eigenvalue weighted by molar-refractivity contribution is 5.78. The average molecular weight is 320 g/mol. The largest absolute Gasteiger partial charge is 0.368 e. The van der Waals surface area contributed by atoms with Crippen LogP contribution in [-0.4, -0.2) is 37.0 Å². The predicted octanol–water partition coefficient (Wildman–Crippen LogP) is 3.52. The first kappa shape index (κ1) is 16.3. The number of para-hydroxylation sites is 1. The Kier molecular flexibility index (Phi) is 5.67. The highest BCUT2D eigenvalue weighted by Gasteiger charge is 2.20. The summed E-state index contributed by atoms with van der Waals surface area (Å²) in [6, 6.07) is 20.7. The second-order valence-electron chi connectivity index (χ2n) is 6.07. The molecule has 24 heavy (non-hydrogen) atoms. The quantitative estimate of drug-likeness (QED) is 0.787. The maximum atomic E-state index is 12.3. The van der Waals surface area contributed by atoms with Crippen molar-refractivity contribution >= 4 is 11.6 Å². The predicted molar refractivity (Wildman–Crippen MR) is 99.1 cm³/mol. The van der Waals surface area contributed by atoms with Crippen LogP contribution in [-0.2, 0) is 11.2 Å². The van der Waals surface area contributed by atoms with Gasteiger partial charge in [0.25, 0.3) is 0 Å². The van der Waals surface area contributed by atoms with Crippen molar-refractivity contribution in [1.82, 2.24) is 4.90 Å². The molecular formula is C21H24N2O. The van der Waals surface area contributed by atoms with E-state index in [1.165, 1.54) is 11.3 Å². The highest BCUT2D eigenvalue weighted by atomic mass is 16.2. The number of allylic oxidation sites excluding steroid dienone is 1. The molecule has 1 fully saturated rings. The number of anilines is 1. The smallest absolute Gasteiger partial charge is 0.226 e. The Morgan fingerprint density at radius 2 is 1.46 bits per heavy atom. The van der Waals surface area contributed by atoms with E-state index in [1.807, 2.05) is 35.2 Å². The summed E-state index contributed by atoms with van der Waals surface area (Å²) in [5.41, 5.74) is 2.52. The Balaban J connectivity index is 1.42. The summed E-state index contributed by atoms with van der Waals surface area (Å²) < 4.78 is 0. The molecule has 0 N–H and O–H groups in total. The lowest BCUT2D eigenvalue weighted by molar-refractivity contribution is -0.130. The van der Waals surface area contributed by atoms with Gasteiger partial charge in [0.05, 0.1) is 0 Å². The van der Waals surface area contributed by atoms with Crippen LogP contribution in [0.3, 0.4) is 0 Å². The number of hydrogen-bond acceptors (Lipinski definition) is 2. The maximum Gasteiger partial charge on any atom is 0.226 e. The van der Waals surface area contributed by atoms with Crippen LogP contribution in [0, 0.1) is 0 Å². The van der Waals surface area contributed by atoms with Crippen LogP contribution in [0.1, 0.15) is 12.0 Å². The van der Waals surface area contributed by atoms with Gasteiger partial charge in [0.15, 0.2) is 0 Å². The van der Waals surface area contributed by atoms with E-state index in [0.717, 1.165) is 32.6 Å². The van der Waals surface area contributed by atoms with Crippen LogP contribution in [0.5, 0.6) is 0 Å². The van der Waals surface area contributed by atoms with Crippen molar-refractivity contribution in [3.63, 3.8) is 0 Å². The molecular weight excluding hydrogens is 296 g/mol. The van der Waals surface area contributed by atoms with E-state index in [4.69, 9.17) is 0 Å². The third-order valence-electron chi connectivity index (χ3n) is 4.41. The van der Waals surface area contributed by atoms with E-state index < -0.39 is 0 Å². The number of benzene rings is 2. The van der Waals surface area contributed by atoms with Gasteiger partial charge < -0.3 is 9.80 Å². The maximum absolute atomic E-state index is 12.3. The lowest BCUT2D eigenvalue weighted by Gasteiger charge is -2.36. The second-order valence-corrected chi connectivity index (χ2v) is 6.07. The zero-order valence-electron chi connectivity index (χ0n) is 14.0. The fourth-order valence-corrected chi connectivity index (χ4v) is 3.00. The second kappa shape index (κ2) is 8.34. The van der Waals surface area contributed by atoms with Crippen LogP contribution in [0.25, 0.3) is 0 Å². The monoisotopic (exact) mass is 320 g/mol. The number of rotatable bonds is 5. The van der Waals surface area contributed by atoms with E-state index in [-0.39, 0.29) is 5.91 Å². The summed E-state index contributed by atoms with van der Waals surface area (Å²) in [5, 5.41) is 0. The molecule has 0 radical (unpaired) electrons. The minimum atomic E-state index is 0.229. The minimum Gasteiger partial charge on any atom is -0.368 e. The molecule has 0 unspecified atom stereocenters. The number of nitrogens with zero attached hydrogens (tertiary/aromatic N) is 2. The summed E-state index contributed by atoms with van der Waals surface area (Å²) in [5.74, 6) is 0.229. The van der Waals surface area contributed by atoms with Gasteiger partial charge in [0, 0.05) is 38.3 Å². The molecule has 1 aliphatic rings. The topological polar surface area (TPSA) is 23.6 Å². The van der Waals surface area contributed by atoms with E-state index in [0.29, 0.717) is 6.42 Å². The molecule has 0 bridgehead atoms. The van der Waals surface area contributed by atoms with Crippen LogP contribution >= 0.6 is 0 Å². The summed E-state index contributed by atoms with van der Waals surface area (Å²) in [6.07, 6.45) is 5.47. The SMILES string of the molecule is O=C(C/C=C\Cc1ccccc1)N1CCN(c2ccccc2)CC1. The molecule has 0 spiro atoms. The zero-order valence-corrected chi connectivity index (χ0v) is 14.0. The van der Waals surface area contributed by atoms with Crippen molar-refractivity contribution in [2.45, 2.75) is 12.8 Å². The standard InChI is InChI=1S/C21H24N2O/c24-21(14-8-7-11-19-9-3-1-4-10-19)23-17-15-22(16-18-23)20-12-5-2-6-13-20/h1-10,12-13H,11,14-18H2/b8-7-. The molecule has 0 aliphatic carbocycles. The van der Waals surface area contributed by atoms with Crippen LogP contribution in [0.15, 0.2) is 72.8 Å². The third-order valence-corrected chi connectivity index (χ3v) is 4.41. The van der Waals surface area contributed by atoms with E-state index >= 15 is 0 Å². The van der Waals surface area contributed by atoms with Gasteiger partial charge in [0.2, 0.25) is 5.91 Å². The van der Waals surface area contributed by atoms with Crippen molar-refractivity contribution in [2.24, 2.45) is 0 Å². The average Bonchev–Trinajstić information content (AvgIpc) is 2.67. The molecule has 0 aromatic heterocycles. The fraction of sp³-hybridized carbons (Fsp3) is 0.286. The zero-order chi connectivity index (χ0) is 16.6. The molecule has 3 heteroatoms. The number of hydrogen-bond donors (Lipinski definition) is 0. The van der Waals surface area contributed by atoms with E-state index in [9.17, 15) is 4.79 Å². The number of amides is 1. The van der Waals surface area contributed by atoms with Crippen molar-refractivity contribution in [3.05, 3.63) is 78.4 Å².